The minimum atomic E-state index is -0.546. The van der Waals surface area contributed by atoms with Crippen molar-refractivity contribution in [2.24, 2.45) is 11.1 Å². The van der Waals surface area contributed by atoms with Crippen LogP contribution in [0.4, 0.5) is 0 Å². The monoisotopic (exact) mass is 506 g/mol. The third-order valence-corrected chi connectivity index (χ3v) is 5.46. The number of carbonyl (C=O) groups is 2. The van der Waals surface area contributed by atoms with E-state index in [1.54, 1.807) is 19.0 Å². The lowest BCUT2D eigenvalue weighted by molar-refractivity contribution is -0.138. The highest BCUT2D eigenvalue weighted by molar-refractivity contribution is 5.89. The largest absolute Gasteiger partial charge is 0.343 e. The topological polar surface area (TPSA) is 87.5 Å². The van der Waals surface area contributed by atoms with Gasteiger partial charge in [-0.3, -0.25) is 9.59 Å². The number of amides is 2. The second kappa shape index (κ2) is 23.2. The predicted octanol–water partition coefficient (Wildman–Crippen LogP) is 5.74. The molecular formula is C30H58N4O2. The number of nitrogens with two attached hydrogens (primary N) is 1. The molecule has 0 aromatic heterocycles. The average Bonchev–Trinajstić information content (AvgIpc) is 2.87. The van der Waals surface area contributed by atoms with Gasteiger partial charge in [-0.05, 0) is 37.3 Å². The number of nitrogens with zero attached hydrogens (tertiary/aromatic N) is 1. The van der Waals surface area contributed by atoms with E-state index in [4.69, 9.17) is 5.73 Å². The summed E-state index contributed by atoms with van der Waals surface area (Å²) < 4.78 is 0. The number of hydrogen-bond donors (Lipinski definition) is 3. The molecule has 1 aromatic carbocycles. The fourth-order valence-electron chi connectivity index (χ4n) is 2.69. The Kier molecular flexibility index (Phi) is 24.8. The van der Waals surface area contributed by atoms with E-state index < -0.39 is 6.04 Å². The molecule has 1 atom stereocenters. The van der Waals surface area contributed by atoms with Crippen LogP contribution in [-0.2, 0) is 9.59 Å². The Bertz CT molecular complexity index is 700. The zero-order chi connectivity index (χ0) is 28.7. The summed E-state index contributed by atoms with van der Waals surface area (Å²) in [4.78, 5) is 26.2. The van der Waals surface area contributed by atoms with E-state index in [1.807, 2.05) is 53.7 Å². The quantitative estimate of drug-likeness (QED) is 0.353. The molecule has 0 heterocycles. The summed E-state index contributed by atoms with van der Waals surface area (Å²) >= 11 is 0. The number of nitrogens with one attached hydrogen (secondary N) is 2. The highest BCUT2D eigenvalue weighted by Gasteiger charge is 2.36. The zero-order valence-corrected chi connectivity index (χ0v) is 25.5. The van der Waals surface area contributed by atoms with Gasteiger partial charge in [0.1, 0.15) is 6.04 Å². The number of carbonyl (C=O) groups excluding carboxylic acids is 2. The fourth-order valence-corrected chi connectivity index (χ4v) is 2.69. The molecule has 4 N–H and O–H groups in total. The lowest BCUT2D eigenvalue weighted by atomic mass is 9.81. The van der Waals surface area contributed by atoms with Crippen molar-refractivity contribution in [1.82, 2.24) is 15.5 Å². The Balaban J connectivity index is -0.000000635. The van der Waals surface area contributed by atoms with Crippen LogP contribution in [0, 0.1) is 5.41 Å². The van der Waals surface area contributed by atoms with Crippen molar-refractivity contribution in [2.45, 2.75) is 94.0 Å². The average molecular weight is 507 g/mol. The molecule has 1 rings (SSSR count). The van der Waals surface area contributed by atoms with Crippen molar-refractivity contribution >= 4 is 11.8 Å². The Morgan fingerprint density at radius 1 is 1.08 bits per heavy atom. The van der Waals surface area contributed by atoms with Crippen LogP contribution < -0.4 is 16.4 Å². The van der Waals surface area contributed by atoms with Gasteiger partial charge in [0.2, 0.25) is 11.8 Å². The Hall–Kier alpha value is -2.18. The lowest BCUT2D eigenvalue weighted by Crippen LogP contribution is -2.55. The molecule has 0 spiro atoms. The summed E-state index contributed by atoms with van der Waals surface area (Å²) in [5.74, 6) is 0.396. The van der Waals surface area contributed by atoms with E-state index in [9.17, 15) is 9.59 Å². The Morgan fingerprint density at radius 2 is 1.58 bits per heavy atom. The highest BCUT2D eigenvalue weighted by atomic mass is 16.2. The van der Waals surface area contributed by atoms with Crippen LogP contribution in [0.5, 0.6) is 0 Å². The maximum Gasteiger partial charge on any atom is 0.245 e. The van der Waals surface area contributed by atoms with Gasteiger partial charge in [-0.1, -0.05) is 111 Å². The number of likely N-dealkylation sites (N-methyl/N-ethyl adjacent to an activating group) is 2. The molecule has 2 amide bonds. The van der Waals surface area contributed by atoms with Crippen molar-refractivity contribution < 1.29 is 9.59 Å². The summed E-state index contributed by atoms with van der Waals surface area (Å²) in [6, 6.07) is 9.97. The normalized spacial score (nSPS) is 11.6. The van der Waals surface area contributed by atoms with Crippen molar-refractivity contribution in [3.05, 3.63) is 47.5 Å². The molecule has 0 saturated carbocycles. The van der Waals surface area contributed by atoms with Crippen molar-refractivity contribution in [3.8, 4) is 0 Å². The molecule has 6 nitrogen and oxygen atoms in total. The van der Waals surface area contributed by atoms with Crippen LogP contribution in [0.1, 0.15) is 93.6 Å². The lowest BCUT2D eigenvalue weighted by Gasteiger charge is -2.35. The minimum Gasteiger partial charge on any atom is -0.343 e. The van der Waals surface area contributed by atoms with E-state index in [-0.39, 0.29) is 23.8 Å². The van der Waals surface area contributed by atoms with E-state index in [2.05, 4.69) is 62.6 Å². The highest BCUT2D eigenvalue weighted by Crippen LogP contribution is 2.26. The maximum absolute atomic E-state index is 12.7. The molecular weight excluding hydrogens is 448 g/mol. The molecule has 6 heteroatoms. The van der Waals surface area contributed by atoms with Gasteiger partial charge < -0.3 is 21.3 Å². The Labute approximate surface area is 223 Å². The molecule has 0 saturated heterocycles. The second-order valence-corrected chi connectivity index (χ2v) is 9.62. The first kappa shape index (κ1) is 38.4. The molecule has 36 heavy (non-hydrogen) atoms. The predicted molar refractivity (Wildman–Crippen MR) is 158 cm³/mol. The molecule has 1 unspecified atom stereocenters. The summed E-state index contributed by atoms with van der Waals surface area (Å²) in [5.41, 5.74) is 7.68. The van der Waals surface area contributed by atoms with Crippen molar-refractivity contribution in [3.63, 3.8) is 0 Å². The third-order valence-electron chi connectivity index (χ3n) is 5.46. The fraction of sp³-hybridized carbons (Fsp3) is 0.667. The van der Waals surface area contributed by atoms with Crippen LogP contribution in [0.3, 0.4) is 0 Å². The van der Waals surface area contributed by atoms with Gasteiger partial charge in [-0.2, -0.15) is 0 Å². The molecule has 0 radical (unpaired) electrons. The smallest absolute Gasteiger partial charge is 0.245 e. The second-order valence-electron chi connectivity index (χ2n) is 9.62. The van der Waals surface area contributed by atoms with E-state index >= 15 is 0 Å². The van der Waals surface area contributed by atoms with Crippen LogP contribution in [0.15, 0.2) is 42.0 Å². The summed E-state index contributed by atoms with van der Waals surface area (Å²) in [5, 5.41) is 5.65. The summed E-state index contributed by atoms with van der Waals surface area (Å²) in [6.07, 6.45) is 3.97. The van der Waals surface area contributed by atoms with Gasteiger partial charge in [-0.15, -0.1) is 0 Å². The molecule has 0 aliphatic carbocycles. The van der Waals surface area contributed by atoms with Gasteiger partial charge in [0.05, 0.1) is 6.54 Å². The van der Waals surface area contributed by atoms with Gasteiger partial charge in [0.15, 0.2) is 0 Å². The summed E-state index contributed by atoms with van der Waals surface area (Å²) in [7, 11) is 3.44. The minimum absolute atomic E-state index is 0.0858. The third kappa shape index (κ3) is 18.1. The Morgan fingerprint density at radius 3 is 1.94 bits per heavy atom. The molecule has 0 aliphatic rings. The van der Waals surface area contributed by atoms with Gasteiger partial charge in [0.25, 0.3) is 0 Å². The van der Waals surface area contributed by atoms with Gasteiger partial charge >= 0.3 is 0 Å². The SMILES string of the molecule is CC.CC(C)c1ccccc1.CCC.CCC(C)(C)C(NC(=O)CNC)C(=O)N(C)C/C=C(\C)CN. The maximum atomic E-state index is 12.7. The first-order valence-corrected chi connectivity index (χ1v) is 13.5. The molecule has 1 aromatic rings. The first-order valence-electron chi connectivity index (χ1n) is 13.5. The standard InChI is InChI=1S/C16H32N4O2.C9H12.C3H8.C2H6/c1-7-16(3,4)14(19-13(21)11-18-5)15(22)20(6)9-8-12(2)10-17;1-8(2)9-6-4-3-5-7-9;1-3-2;1-2/h8,14,18H,7,9-11,17H2,1-6H3,(H,19,21);3-8H,1-2H3;3H2,1-2H3;1-2H3/b12-8+;;;. The van der Waals surface area contributed by atoms with Crippen molar-refractivity contribution in [1.29, 1.82) is 0 Å². The van der Waals surface area contributed by atoms with Gasteiger partial charge in [0, 0.05) is 20.1 Å². The first-order chi connectivity index (χ1) is 16.9. The summed E-state index contributed by atoms with van der Waals surface area (Å²) in [6.45, 7) is 21.7. The van der Waals surface area contributed by atoms with Gasteiger partial charge in [-0.25, -0.2) is 0 Å². The molecule has 0 aliphatic heterocycles. The van der Waals surface area contributed by atoms with Crippen LogP contribution in [0.2, 0.25) is 0 Å². The number of hydrogen-bond acceptors (Lipinski definition) is 4. The molecule has 210 valence electrons. The van der Waals surface area contributed by atoms with Crippen LogP contribution in [-0.4, -0.2) is 56.5 Å². The van der Waals surface area contributed by atoms with Crippen LogP contribution >= 0.6 is 0 Å². The van der Waals surface area contributed by atoms with Crippen LogP contribution in [0.25, 0.3) is 0 Å². The molecule has 0 bridgehead atoms. The zero-order valence-electron chi connectivity index (χ0n) is 25.5. The van der Waals surface area contributed by atoms with E-state index in [1.165, 1.54) is 12.0 Å². The molecule has 0 fully saturated rings. The number of benzene rings is 1. The van der Waals surface area contributed by atoms with Crippen molar-refractivity contribution in [2.75, 3.05) is 33.7 Å². The van der Waals surface area contributed by atoms with E-state index in [0.717, 1.165) is 12.0 Å². The van der Waals surface area contributed by atoms with E-state index in [0.29, 0.717) is 19.0 Å². The number of rotatable bonds is 10.